The summed E-state index contributed by atoms with van der Waals surface area (Å²) in [4.78, 5) is 18.4. The molecule has 1 N–H and O–H groups in total. The highest BCUT2D eigenvalue weighted by molar-refractivity contribution is 5.94. The van der Waals surface area contributed by atoms with Crippen LogP contribution in [0.1, 0.15) is 16.8 Å². The number of pyridine rings is 1. The zero-order chi connectivity index (χ0) is 13.9. The molecule has 5 heteroatoms. The minimum absolute atomic E-state index is 0.00694. The molecule has 1 aliphatic rings. The highest BCUT2D eigenvalue weighted by atomic mass is 16.3. The largest absolute Gasteiger partial charge is 0.396 e. The number of aliphatic hydroxyl groups excluding tert-OH is 1. The van der Waals surface area contributed by atoms with Crippen LogP contribution in [0.3, 0.4) is 0 Å². The first-order valence-corrected chi connectivity index (χ1v) is 6.77. The van der Waals surface area contributed by atoms with E-state index in [1.54, 1.807) is 17.2 Å². The van der Waals surface area contributed by atoms with Crippen LogP contribution < -0.4 is 0 Å². The zero-order valence-corrected chi connectivity index (χ0v) is 11.1. The average molecular weight is 271 g/mol. The zero-order valence-electron chi connectivity index (χ0n) is 11.1. The summed E-state index contributed by atoms with van der Waals surface area (Å²) in [6.45, 7) is 1.49. The third kappa shape index (κ3) is 2.44. The Morgan fingerprint density at radius 2 is 2.15 bits per heavy atom. The molecule has 3 heterocycles. The third-order valence-electron chi connectivity index (χ3n) is 3.70. The van der Waals surface area contributed by atoms with Crippen LogP contribution in [0, 0.1) is 5.92 Å². The molecular formula is C15H17N3O2. The fraction of sp³-hybridized carbons (Fsp3) is 0.333. The quantitative estimate of drug-likeness (QED) is 0.916. The van der Waals surface area contributed by atoms with Crippen molar-refractivity contribution in [1.29, 1.82) is 0 Å². The molecule has 2 aromatic rings. The topological polar surface area (TPSA) is 58.4 Å². The van der Waals surface area contributed by atoms with E-state index in [2.05, 4.69) is 4.98 Å². The van der Waals surface area contributed by atoms with Crippen LogP contribution in [-0.4, -0.2) is 45.2 Å². The minimum Gasteiger partial charge on any atom is -0.396 e. The third-order valence-corrected chi connectivity index (χ3v) is 3.70. The molecule has 0 radical (unpaired) electrons. The highest BCUT2D eigenvalue weighted by Crippen LogP contribution is 2.18. The molecule has 3 rings (SSSR count). The van der Waals surface area contributed by atoms with Crippen molar-refractivity contribution in [3.8, 4) is 5.82 Å². The van der Waals surface area contributed by atoms with Crippen molar-refractivity contribution in [2.75, 3.05) is 19.7 Å². The number of aromatic nitrogens is 2. The van der Waals surface area contributed by atoms with E-state index in [-0.39, 0.29) is 18.4 Å². The summed E-state index contributed by atoms with van der Waals surface area (Å²) in [6.07, 6.45) is 6.31. The van der Waals surface area contributed by atoms with Crippen LogP contribution in [0.25, 0.3) is 5.82 Å². The average Bonchev–Trinajstić information content (AvgIpc) is 3.18. The normalized spacial score (nSPS) is 18.4. The van der Waals surface area contributed by atoms with Crippen molar-refractivity contribution in [2.45, 2.75) is 6.42 Å². The SMILES string of the molecule is O=C(c1ccc(-n2cccc2)nc1)N1CCC(CO)C1. The van der Waals surface area contributed by atoms with Crippen LogP contribution in [-0.2, 0) is 0 Å². The summed E-state index contributed by atoms with van der Waals surface area (Å²) in [7, 11) is 0. The Hall–Kier alpha value is -2.14. The lowest BCUT2D eigenvalue weighted by molar-refractivity contribution is 0.0781. The summed E-state index contributed by atoms with van der Waals surface area (Å²) < 4.78 is 1.89. The summed E-state index contributed by atoms with van der Waals surface area (Å²) in [5, 5.41) is 9.13. The van der Waals surface area contributed by atoms with Crippen molar-refractivity contribution < 1.29 is 9.90 Å². The van der Waals surface area contributed by atoms with E-state index < -0.39 is 0 Å². The molecule has 0 aromatic carbocycles. The van der Waals surface area contributed by atoms with Gasteiger partial charge in [-0.2, -0.15) is 0 Å². The molecule has 5 nitrogen and oxygen atoms in total. The van der Waals surface area contributed by atoms with Gasteiger partial charge in [-0.25, -0.2) is 4.98 Å². The van der Waals surface area contributed by atoms with Gasteiger partial charge in [-0.1, -0.05) is 0 Å². The van der Waals surface area contributed by atoms with E-state index in [4.69, 9.17) is 5.11 Å². The van der Waals surface area contributed by atoms with Crippen LogP contribution in [0.5, 0.6) is 0 Å². The second kappa shape index (κ2) is 5.46. The number of hydrogen-bond donors (Lipinski definition) is 1. The van der Waals surface area contributed by atoms with E-state index in [1.807, 2.05) is 35.2 Å². The molecule has 1 unspecified atom stereocenters. The van der Waals surface area contributed by atoms with E-state index in [9.17, 15) is 4.79 Å². The molecule has 0 aliphatic carbocycles. The summed E-state index contributed by atoms with van der Waals surface area (Å²) in [5.74, 6) is 1.000. The second-order valence-corrected chi connectivity index (χ2v) is 5.08. The monoisotopic (exact) mass is 271 g/mol. The Labute approximate surface area is 117 Å². The molecular weight excluding hydrogens is 254 g/mol. The summed E-state index contributed by atoms with van der Waals surface area (Å²) in [5.41, 5.74) is 0.597. The molecule has 20 heavy (non-hydrogen) atoms. The van der Waals surface area contributed by atoms with Gasteiger partial charge in [0.1, 0.15) is 5.82 Å². The smallest absolute Gasteiger partial charge is 0.255 e. The lowest BCUT2D eigenvalue weighted by Gasteiger charge is -2.16. The molecule has 1 atom stereocenters. The van der Waals surface area contributed by atoms with Crippen LogP contribution in [0.15, 0.2) is 42.9 Å². The van der Waals surface area contributed by atoms with Gasteiger partial charge in [0.15, 0.2) is 0 Å². The standard InChI is InChI=1S/C15H17N3O2/c19-11-12-5-8-18(10-12)15(20)13-3-4-14(16-9-13)17-6-1-2-7-17/h1-4,6-7,9,12,19H,5,8,10-11H2. The number of hydrogen-bond acceptors (Lipinski definition) is 3. The summed E-state index contributed by atoms with van der Waals surface area (Å²) in [6, 6.07) is 7.50. The van der Waals surface area contributed by atoms with Gasteiger partial charge in [-0.15, -0.1) is 0 Å². The lowest BCUT2D eigenvalue weighted by Crippen LogP contribution is -2.29. The van der Waals surface area contributed by atoms with Gasteiger partial charge >= 0.3 is 0 Å². The van der Waals surface area contributed by atoms with Gasteiger partial charge in [0.25, 0.3) is 5.91 Å². The number of rotatable bonds is 3. The van der Waals surface area contributed by atoms with Gasteiger partial charge in [0.2, 0.25) is 0 Å². The first kappa shape index (κ1) is 12.9. The maximum atomic E-state index is 12.3. The van der Waals surface area contributed by atoms with Crippen LogP contribution >= 0.6 is 0 Å². The van der Waals surface area contributed by atoms with E-state index >= 15 is 0 Å². The lowest BCUT2D eigenvalue weighted by atomic mass is 10.1. The molecule has 1 fully saturated rings. The highest BCUT2D eigenvalue weighted by Gasteiger charge is 2.26. The number of carbonyl (C=O) groups is 1. The van der Waals surface area contributed by atoms with Gasteiger partial charge in [0.05, 0.1) is 5.56 Å². The second-order valence-electron chi connectivity index (χ2n) is 5.08. The van der Waals surface area contributed by atoms with Crippen molar-refractivity contribution in [1.82, 2.24) is 14.5 Å². The van der Waals surface area contributed by atoms with Crippen LogP contribution in [0.4, 0.5) is 0 Å². The fourth-order valence-electron chi connectivity index (χ4n) is 2.50. The van der Waals surface area contributed by atoms with Crippen molar-refractivity contribution in [2.24, 2.45) is 5.92 Å². The first-order valence-electron chi connectivity index (χ1n) is 6.77. The molecule has 1 aliphatic heterocycles. The molecule has 104 valence electrons. The van der Waals surface area contributed by atoms with Crippen molar-refractivity contribution in [3.05, 3.63) is 48.4 Å². The van der Waals surface area contributed by atoms with Crippen molar-refractivity contribution >= 4 is 5.91 Å². The first-order chi connectivity index (χ1) is 9.78. The number of carbonyl (C=O) groups excluding carboxylic acids is 1. The molecule has 2 aromatic heterocycles. The minimum atomic E-state index is -0.00694. The predicted molar refractivity (Wildman–Crippen MR) is 74.7 cm³/mol. The Balaban J connectivity index is 1.73. The summed E-state index contributed by atoms with van der Waals surface area (Å²) >= 11 is 0. The van der Waals surface area contributed by atoms with E-state index in [1.165, 1.54) is 0 Å². The van der Waals surface area contributed by atoms with Gasteiger partial charge in [-0.05, 0) is 30.7 Å². The van der Waals surface area contributed by atoms with Gasteiger partial charge in [0, 0.05) is 44.2 Å². The number of nitrogens with zero attached hydrogens (tertiary/aromatic N) is 3. The number of aliphatic hydroxyl groups is 1. The van der Waals surface area contributed by atoms with E-state index in [0.29, 0.717) is 18.7 Å². The molecule has 1 amide bonds. The van der Waals surface area contributed by atoms with Crippen molar-refractivity contribution in [3.63, 3.8) is 0 Å². The molecule has 0 spiro atoms. The fourth-order valence-corrected chi connectivity index (χ4v) is 2.50. The van der Waals surface area contributed by atoms with Gasteiger partial charge in [-0.3, -0.25) is 4.79 Å². The maximum Gasteiger partial charge on any atom is 0.255 e. The van der Waals surface area contributed by atoms with Crippen LogP contribution in [0.2, 0.25) is 0 Å². The molecule has 1 saturated heterocycles. The number of likely N-dealkylation sites (tertiary alicyclic amines) is 1. The number of amides is 1. The van der Waals surface area contributed by atoms with E-state index in [0.717, 1.165) is 12.2 Å². The maximum absolute atomic E-state index is 12.3. The molecule has 0 bridgehead atoms. The Morgan fingerprint density at radius 1 is 1.35 bits per heavy atom. The Bertz CT molecular complexity index is 578. The Kier molecular flexibility index (Phi) is 3.52. The van der Waals surface area contributed by atoms with Gasteiger partial charge < -0.3 is 14.6 Å². The molecule has 0 saturated carbocycles. The Morgan fingerprint density at radius 3 is 2.75 bits per heavy atom. The predicted octanol–water partition coefficient (Wildman–Crippen LogP) is 1.33.